The van der Waals surface area contributed by atoms with Crippen LogP contribution in [0.15, 0.2) is 0 Å². The first-order chi connectivity index (χ1) is 5.41. The monoisotopic (exact) mass is 160 g/mol. The Kier molecular flexibility index (Phi) is 9.77. The van der Waals surface area contributed by atoms with Gasteiger partial charge in [-0.2, -0.15) is 0 Å². The zero-order valence-corrected chi connectivity index (χ0v) is 7.65. The Balaban J connectivity index is 2.69. The normalized spacial score (nSPS) is 10.4. The van der Waals surface area contributed by atoms with Gasteiger partial charge in [0.1, 0.15) is 0 Å². The Morgan fingerprint density at radius 2 is 1.82 bits per heavy atom. The van der Waals surface area contributed by atoms with Crippen molar-refractivity contribution in [1.82, 2.24) is 10.6 Å². The Labute approximate surface area is 69.5 Å². The largest absolute Gasteiger partial charge is 0.385 e. The van der Waals surface area contributed by atoms with Gasteiger partial charge in [0.2, 0.25) is 0 Å². The van der Waals surface area contributed by atoms with E-state index in [-0.39, 0.29) is 0 Å². The fourth-order valence-electron chi connectivity index (χ4n) is 0.857. The second-order valence-corrected chi connectivity index (χ2v) is 2.55. The predicted octanol–water partition coefficient (Wildman–Crippen LogP) is 0.222. The number of hydrogen-bond donors (Lipinski definition) is 2. The standard InChI is InChI=1S/C8H20N2O/c1-9-5-3-6-10-7-4-8-11-2/h9-10H,3-8H2,1-2H3. The van der Waals surface area contributed by atoms with E-state index < -0.39 is 0 Å². The Morgan fingerprint density at radius 1 is 1.09 bits per heavy atom. The molecule has 0 atom stereocenters. The molecule has 0 aromatic heterocycles. The molecule has 0 heterocycles. The lowest BCUT2D eigenvalue weighted by Crippen LogP contribution is -2.21. The van der Waals surface area contributed by atoms with Crippen LogP contribution in [-0.4, -0.2) is 40.4 Å². The van der Waals surface area contributed by atoms with E-state index in [1.54, 1.807) is 7.11 Å². The summed E-state index contributed by atoms with van der Waals surface area (Å²) in [5.41, 5.74) is 0. The number of hydrogen-bond acceptors (Lipinski definition) is 3. The summed E-state index contributed by atoms with van der Waals surface area (Å²) in [7, 11) is 3.71. The van der Waals surface area contributed by atoms with Gasteiger partial charge in [-0.15, -0.1) is 0 Å². The van der Waals surface area contributed by atoms with E-state index in [2.05, 4.69) is 10.6 Å². The maximum absolute atomic E-state index is 4.92. The van der Waals surface area contributed by atoms with Crippen LogP contribution >= 0.6 is 0 Å². The van der Waals surface area contributed by atoms with Crippen LogP contribution in [0.2, 0.25) is 0 Å². The van der Waals surface area contributed by atoms with Gasteiger partial charge in [-0.1, -0.05) is 0 Å². The molecule has 0 saturated carbocycles. The highest BCUT2D eigenvalue weighted by molar-refractivity contribution is 4.48. The zero-order valence-electron chi connectivity index (χ0n) is 7.65. The van der Waals surface area contributed by atoms with Crippen LogP contribution in [0, 0.1) is 0 Å². The molecule has 11 heavy (non-hydrogen) atoms. The fourth-order valence-corrected chi connectivity index (χ4v) is 0.857. The SMILES string of the molecule is CNCCCNCCCOC. The first-order valence-electron chi connectivity index (χ1n) is 4.26. The highest BCUT2D eigenvalue weighted by Crippen LogP contribution is 1.77. The number of rotatable bonds is 8. The van der Waals surface area contributed by atoms with E-state index in [1.165, 1.54) is 6.42 Å². The minimum atomic E-state index is 0.860. The summed E-state index contributed by atoms with van der Waals surface area (Å²) >= 11 is 0. The van der Waals surface area contributed by atoms with Gasteiger partial charge in [0.25, 0.3) is 0 Å². The van der Waals surface area contributed by atoms with Crippen molar-refractivity contribution in [3.05, 3.63) is 0 Å². The molecule has 3 heteroatoms. The average molecular weight is 160 g/mol. The molecule has 0 amide bonds. The molecule has 0 aromatic rings. The third-order valence-electron chi connectivity index (χ3n) is 1.48. The minimum absolute atomic E-state index is 0.860. The van der Waals surface area contributed by atoms with Gasteiger partial charge in [0.15, 0.2) is 0 Å². The van der Waals surface area contributed by atoms with E-state index in [1.807, 2.05) is 7.05 Å². The highest BCUT2D eigenvalue weighted by Gasteiger charge is 1.86. The first kappa shape index (κ1) is 10.9. The van der Waals surface area contributed by atoms with Crippen molar-refractivity contribution < 1.29 is 4.74 Å². The Morgan fingerprint density at radius 3 is 2.45 bits per heavy atom. The van der Waals surface area contributed by atoms with Gasteiger partial charge in [-0.05, 0) is 39.5 Å². The molecular formula is C8H20N2O. The van der Waals surface area contributed by atoms with Crippen molar-refractivity contribution >= 4 is 0 Å². The summed E-state index contributed by atoms with van der Waals surface area (Å²) in [6.45, 7) is 4.12. The van der Waals surface area contributed by atoms with E-state index in [9.17, 15) is 0 Å². The number of methoxy groups -OCH3 is 1. The van der Waals surface area contributed by atoms with E-state index in [0.717, 1.165) is 32.7 Å². The molecule has 0 rings (SSSR count). The second kappa shape index (κ2) is 9.88. The summed E-state index contributed by atoms with van der Waals surface area (Å²) in [6.07, 6.45) is 2.31. The predicted molar refractivity (Wildman–Crippen MR) is 47.9 cm³/mol. The van der Waals surface area contributed by atoms with Gasteiger partial charge in [0.05, 0.1) is 0 Å². The molecule has 0 fully saturated rings. The summed E-state index contributed by atoms with van der Waals surface area (Å²) in [4.78, 5) is 0. The van der Waals surface area contributed by atoms with Crippen LogP contribution in [0.4, 0.5) is 0 Å². The summed E-state index contributed by atoms with van der Waals surface area (Å²) < 4.78 is 4.92. The molecule has 0 bridgehead atoms. The van der Waals surface area contributed by atoms with E-state index >= 15 is 0 Å². The quantitative estimate of drug-likeness (QED) is 0.498. The third-order valence-corrected chi connectivity index (χ3v) is 1.48. The summed E-state index contributed by atoms with van der Waals surface area (Å²) in [5.74, 6) is 0. The summed E-state index contributed by atoms with van der Waals surface area (Å²) in [5, 5.41) is 6.44. The maximum Gasteiger partial charge on any atom is 0.0474 e. The molecule has 0 radical (unpaired) electrons. The van der Waals surface area contributed by atoms with Crippen LogP contribution in [0.5, 0.6) is 0 Å². The molecule has 0 aromatic carbocycles. The highest BCUT2D eigenvalue weighted by atomic mass is 16.5. The smallest absolute Gasteiger partial charge is 0.0474 e. The van der Waals surface area contributed by atoms with Crippen molar-refractivity contribution in [2.75, 3.05) is 40.4 Å². The van der Waals surface area contributed by atoms with Gasteiger partial charge >= 0.3 is 0 Å². The van der Waals surface area contributed by atoms with Crippen molar-refractivity contribution in [3.63, 3.8) is 0 Å². The zero-order chi connectivity index (χ0) is 8.36. The van der Waals surface area contributed by atoms with Gasteiger partial charge in [0, 0.05) is 13.7 Å². The second-order valence-electron chi connectivity index (χ2n) is 2.55. The van der Waals surface area contributed by atoms with Crippen molar-refractivity contribution in [3.8, 4) is 0 Å². The fraction of sp³-hybridized carbons (Fsp3) is 1.00. The maximum atomic E-state index is 4.92. The molecule has 0 aliphatic rings. The van der Waals surface area contributed by atoms with Crippen LogP contribution in [0.25, 0.3) is 0 Å². The van der Waals surface area contributed by atoms with Crippen LogP contribution in [-0.2, 0) is 4.74 Å². The van der Waals surface area contributed by atoms with Crippen molar-refractivity contribution in [2.24, 2.45) is 0 Å². The van der Waals surface area contributed by atoms with Gasteiger partial charge < -0.3 is 15.4 Å². The van der Waals surface area contributed by atoms with Gasteiger partial charge in [-0.25, -0.2) is 0 Å². The molecular weight excluding hydrogens is 140 g/mol. The molecule has 2 N–H and O–H groups in total. The molecule has 0 aliphatic heterocycles. The molecule has 0 aliphatic carbocycles. The first-order valence-corrected chi connectivity index (χ1v) is 4.26. The molecule has 0 saturated heterocycles. The third kappa shape index (κ3) is 9.88. The lowest BCUT2D eigenvalue weighted by molar-refractivity contribution is 0.194. The Hall–Kier alpha value is -0.120. The van der Waals surface area contributed by atoms with Crippen LogP contribution in [0.1, 0.15) is 12.8 Å². The van der Waals surface area contributed by atoms with Gasteiger partial charge in [-0.3, -0.25) is 0 Å². The van der Waals surface area contributed by atoms with Crippen LogP contribution in [0.3, 0.4) is 0 Å². The molecule has 0 spiro atoms. The average Bonchev–Trinajstić information content (AvgIpc) is 2.03. The minimum Gasteiger partial charge on any atom is -0.385 e. The van der Waals surface area contributed by atoms with Crippen molar-refractivity contribution in [1.29, 1.82) is 0 Å². The lowest BCUT2D eigenvalue weighted by atomic mass is 10.4. The van der Waals surface area contributed by atoms with Crippen LogP contribution < -0.4 is 10.6 Å². The van der Waals surface area contributed by atoms with E-state index in [4.69, 9.17) is 4.74 Å². The molecule has 3 nitrogen and oxygen atoms in total. The molecule has 68 valence electrons. The lowest BCUT2D eigenvalue weighted by Gasteiger charge is -2.03. The number of nitrogens with one attached hydrogen (secondary N) is 2. The Bertz CT molecular complexity index is 61.1. The van der Waals surface area contributed by atoms with E-state index in [0.29, 0.717) is 0 Å². The van der Waals surface area contributed by atoms with Crippen molar-refractivity contribution in [2.45, 2.75) is 12.8 Å². The summed E-state index contributed by atoms with van der Waals surface area (Å²) in [6, 6.07) is 0. The molecule has 0 unspecified atom stereocenters. The topological polar surface area (TPSA) is 33.3 Å². The number of ether oxygens (including phenoxy) is 1.